The molecule has 4 N–H and O–H groups in total. The first-order valence-electron chi connectivity index (χ1n) is 10.3. The van der Waals surface area contributed by atoms with E-state index in [0.29, 0.717) is 11.3 Å². The number of ether oxygens (including phenoxy) is 1. The summed E-state index contributed by atoms with van der Waals surface area (Å²) in [6.45, 7) is 0. The molecule has 4 aromatic rings. The van der Waals surface area contributed by atoms with Crippen molar-refractivity contribution >= 4 is 23.7 Å². The molecule has 0 saturated heterocycles. The Balaban J connectivity index is 0.000000243. The molecule has 35 heavy (non-hydrogen) atoms. The van der Waals surface area contributed by atoms with Gasteiger partial charge in [-0.15, -0.1) is 0 Å². The Morgan fingerprint density at radius 1 is 0.743 bits per heavy atom. The second-order valence-corrected chi connectivity index (χ2v) is 7.13. The van der Waals surface area contributed by atoms with Gasteiger partial charge in [0, 0.05) is 29.7 Å². The molecular formula is C25H19N5O5. The number of hydroxylamine groups is 2. The average Bonchev–Trinajstić information content (AvgIpc) is 3.12. The molecule has 2 amide bonds. The van der Waals surface area contributed by atoms with E-state index in [2.05, 4.69) is 15.0 Å². The van der Waals surface area contributed by atoms with Crippen molar-refractivity contribution in [2.24, 2.45) is 4.99 Å². The largest absolute Gasteiger partial charge is 0.454 e. The van der Waals surface area contributed by atoms with Gasteiger partial charge in [-0.05, 0) is 41.5 Å². The number of carbonyl (C=O) groups excluding carboxylic acids is 2. The number of fused-ring (bicyclic) bond motifs is 2. The molecule has 0 saturated carbocycles. The third-order valence-corrected chi connectivity index (χ3v) is 4.97. The standard InChI is InChI=1S/C20H14N2O3.C5H5N3O2/c23-20(22-24)14-10-8-13(9-11-14)15-4-3-7-18-16(15)12-21-17-5-1-2-6-19(17)25-18;9-5(8-10)4-1-6-3-7-2-4/h1-12,24H,(H,22,23);1-3,10H,(H,8,9). The first kappa shape index (κ1) is 23.2. The number of aromatic nitrogens is 2. The van der Waals surface area contributed by atoms with Crippen LogP contribution in [0, 0.1) is 0 Å². The van der Waals surface area contributed by atoms with Crippen LogP contribution in [0.2, 0.25) is 0 Å². The Morgan fingerprint density at radius 2 is 1.40 bits per heavy atom. The maximum Gasteiger partial charge on any atom is 0.277 e. The minimum absolute atomic E-state index is 0.227. The quantitative estimate of drug-likeness (QED) is 0.231. The van der Waals surface area contributed by atoms with Gasteiger partial charge in [-0.3, -0.25) is 25.0 Å². The van der Waals surface area contributed by atoms with Crippen molar-refractivity contribution in [1.29, 1.82) is 0 Å². The van der Waals surface area contributed by atoms with Gasteiger partial charge in [0.25, 0.3) is 11.8 Å². The molecule has 1 aromatic heterocycles. The smallest absolute Gasteiger partial charge is 0.277 e. The lowest BCUT2D eigenvalue weighted by molar-refractivity contribution is 0.0701. The van der Waals surface area contributed by atoms with Gasteiger partial charge in [-0.25, -0.2) is 20.9 Å². The van der Waals surface area contributed by atoms with Crippen molar-refractivity contribution < 1.29 is 24.7 Å². The van der Waals surface area contributed by atoms with E-state index in [1.54, 1.807) is 23.8 Å². The Hall–Kier alpha value is -4.93. The topological polar surface area (TPSA) is 146 Å². The molecule has 3 aromatic carbocycles. The van der Waals surface area contributed by atoms with E-state index in [-0.39, 0.29) is 5.56 Å². The highest BCUT2D eigenvalue weighted by molar-refractivity contribution is 5.97. The molecule has 10 nitrogen and oxygen atoms in total. The fourth-order valence-corrected chi connectivity index (χ4v) is 3.27. The predicted molar refractivity (Wildman–Crippen MR) is 126 cm³/mol. The summed E-state index contributed by atoms with van der Waals surface area (Å²) in [7, 11) is 0. The van der Waals surface area contributed by atoms with E-state index in [0.717, 1.165) is 28.1 Å². The summed E-state index contributed by atoms with van der Waals surface area (Å²) < 4.78 is 6.02. The van der Waals surface area contributed by atoms with Crippen molar-refractivity contribution in [3.05, 3.63) is 102 Å². The third-order valence-electron chi connectivity index (χ3n) is 4.97. The Morgan fingerprint density at radius 3 is 2.11 bits per heavy atom. The van der Waals surface area contributed by atoms with Crippen molar-refractivity contribution in [3.8, 4) is 22.6 Å². The van der Waals surface area contributed by atoms with Crippen LogP contribution in [-0.4, -0.2) is 38.4 Å². The molecule has 0 bridgehead atoms. The van der Waals surface area contributed by atoms with Crippen LogP contribution in [-0.2, 0) is 0 Å². The van der Waals surface area contributed by atoms with Gasteiger partial charge in [0.2, 0.25) is 0 Å². The summed E-state index contributed by atoms with van der Waals surface area (Å²) in [5.74, 6) is 0.285. The zero-order chi connectivity index (χ0) is 24.6. The van der Waals surface area contributed by atoms with Crippen LogP contribution in [0.4, 0.5) is 5.69 Å². The van der Waals surface area contributed by atoms with Gasteiger partial charge in [-0.1, -0.05) is 36.4 Å². The number of amides is 2. The molecule has 0 atom stereocenters. The summed E-state index contributed by atoms with van der Waals surface area (Å²) in [5, 5.41) is 16.8. The lowest BCUT2D eigenvalue weighted by Gasteiger charge is -2.11. The monoisotopic (exact) mass is 469 g/mol. The molecule has 10 heteroatoms. The van der Waals surface area contributed by atoms with Gasteiger partial charge in [0.1, 0.15) is 17.8 Å². The summed E-state index contributed by atoms with van der Waals surface area (Å²) in [5.41, 5.74) is 7.22. The van der Waals surface area contributed by atoms with Crippen molar-refractivity contribution in [1.82, 2.24) is 20.9 Å². The van der Waals surface area contributed by atoms with E-state index < -0.39 is 11.8 Å². The van der Waals surface area contributed by atoms with Gasteiger partial charge in [0.15, 0.2) is 5.75 Å². The van der Waals surface area contributed by atoms with Crippen LogP contribution in [0.25, 0.3) is 11.1 Å². The minimum atomic E-state index is -0.611. The fraction of sp³-hybridized carbons (Fsp3) is 0. The molecule has 0 aliphatic carbocycles. The van der Waals surface area contributed by atoms with Crippen molar-refractivity contribution in [3.63, 3.8) is 0 Å². The van der Waals surface area contributed by atoms with Gasteiger partial charge in [-0.2, -0.15) is 0 Å². The lowest BCUT2D eigenvalue weighted by atomic mass is 9.98. The zero-order valence-corrected chi connectivity index (χ0v) is 18.1. The molecule has 0 fully saturated rings. The number of hydrogen-bond donors (Lipinski definition) is 4. The molecular weight excluding hydrogens is 450 g/mol. The van der Waals surface area contributed by atoms with Crippen LogP contribution in [0.1, 0.15) is 26.3 Å². The highest BCUT2D eigenvalue weighted by Gasteiger charge is 2.15. The zero-order valence-electron chi connectivity index (χ0n) is 18.1. The van der Waals surface area contributed by atoms with Crippen LogP contribution in [0.15, 0.2) is 90.4 Å². The number of nitrogens with zero attached hydrogens (tertiary/aromatic N) is 3. The van der Waals surface area contributed by atoms with Gasteiger partial charge >= 0.3 is 0 Å². The van der Waals surface area contributed by atoms with Crippen LogP contribution >= 0.6 is 0 Å². The van der Waals surface area contributed by atoms with Crippen LogP contribution in [0.3, 0.4) is 0 Å². The normalized spacial score (nSPS) is 10.9. The number of aliphatic imine (C=N–C) groups is 1. The maximum atomic E-state index is 11.5. The van der Waals surface area contributed by atoms with Crippen molar-refractivity contribution in [2.75, 3.05) is 0 Å². The van der Waals surface area contributed by atoms with E-state index in [4.69, 9.17) is 15.2 Å². The number of carbonyl (C=O) groups is 2. The summed E-state index contributed by atoms with van der Waals surface area (Å²) in [6, 6.07) is 20.4. The summed E-state index contributed by atoms with van der Waals surface area (Å²) >= 11 is 0. The molecule has 0 spiro atoms. The fourth-order valence-electron chi connectivity index (χ4n) is 3.27. The Labute approximate surface area is 199 Å². The third kappa shape index (κ3) is 5.36. The van der Waals surface area contributed by atoms with E-state index >= 15 is 0 Å². The molecule has 5 rings (SSSR count). The van der Waals surface area contributed by atoms with Crippen LogP contribution < -0.4 is 15.7 Å². The van der Waals surface area contributed by atoms with Crippen molar-refractivity contribution in [2.45, 2.75) is 0 Å². The minimum Gasteiger partial charge on any atom is -0.454 e. The van der Waals surface area contributed by atoms with E-state index in [1.807, 2.05) is 54.6 Å². The first-order valence-corrected chi connectivity index (χ1v) is 10.3. The number of para-hydroxylation sites is 2. The average molecular weight is 469 g/mol. The number of rotatable bonds is 3. The lowest BCUT2D eigenvalue weighted by Crippen LogP contribution is -2.18. The summed E-state index contributed by atoms with van der Waals surface area (Å²) in [4.78, 5) is 33.7. The highest BCUT2D eigenvalue weighted by Crippen LogP contribution is 2.38. The molecule has 0 radical (unpaired) electrons. The number of benzene rings is 3. The second kappa shape index (κ2) is 10.8. The molecule has 2 heterocycles. The van der Waals surface area contributed by atoms with E-state index in [1.165, 1.54) is 24.2 Å². The van der Waals surface area contributed by atoms with Gasteiger partial charge in [0.05, 0.1) is 5.56 Å². The Bertz CT molecular complexity index is 1370. The van der Waals surface area contributed by atoms with Gasteiger partial charge < -0.3 is 4.74 Å². The van der Waals surface area contributed by atoms with Crippen LogP contribution in [0.5, 0.6) is 11.5 Å². The SMILES string of the molecule is O=C(NO)c1ccc(-c2cccc3c2C=Nc2ccccc2O3)cc1.O=C(NO)c1cncnc1. The molecule has 1 aliphatic heterocycles. The second-order valence-electron chi connectivity index (χ2n) is 7.13. The summed E-state index contributed by atoms with van der Waals surface area (Å²) in [6.07, 6.45) is 5.70. The maximum absolute atomic E-state index is 11.5. The molecule has 174 valence electrons. The Kier molecular flexibility index (Phi) is 7.16. The predicted octanol–water partition coefficient (Wildman–Crippen LogP) is 3.92. The molecule has 0 unspecified atom stereocenters. The van der Waals surface area contributed by atoms with E-state index in [9.17, 15) is 9.59 Å². The number of nitrogens with one attached hydrogen (secondary N) is 2. The number of hydrogen-bond acceptors (Lipinski definition) is 8. The highest BCUT2D eigenvalue weighted by atomic mass is 16.5. The molecule has 1 aliphatic rings. The first-order chi connectivity index (χ1) is 17.1.